The molecule has 0 spiro atoms. The molecule has 17 heavy (non-hydrogen) atoms. The van der Waals surface area contributed by atoms with E-state index in [-0.39, 0.29) is 12.5 Å². The van der Waals surface area contributed by atoms with Gasteiger partial charge in [0.05, 0.1) is 10.5 Å². The average Bonchev–Trinajstić information content (AvgIpc) is 2.54. The van der Waals surface area contributed by atoms with Crippen molar-refractivity contribution < 1.29 is 4.79 Å². The number of hydrogen-bond donors (Lipinski definition) is 1. The van der Waals surface area contributed by atoms with Crippen LogP contribution in [-0.4, -0.2) is 39.4 Å². The number of carbonyl (C=O) groups is 1. The lowest BCUT2D eigenvalue weighted by atomic mass is 10.4. The summed E-state index contributed by atoms with van der Waals surface area (Å²) in [6.45, 7) is 0.167. The number of nitrogens with one attached hydrogen (secondary N) is 1. The number of carbonyl (C=O) groups excluding carboxylic acids is 1. The number of fused-ring (bicyclic) bond motifs is 1. The number of rotatable bonds is 2. The summed E-state index contributed by atoms with van der Waals surface area (Å²) in [7, 11) is 3.40. The average molecular weight is 271 g/mol. The van der Waals surface area contributed by atoms with Crippen molar-refractivity contribution >= 4 is 40.9 Å². The van der Waals surface area contributed by atoms with Gasteiger partial charge < -0.3 is 9.88 Å². The maximum atomic E-state index is 11.7. The number of aromatic nitrogens is 3. The van der Waals surface area contributed by atoms with Gasteiger partial charge in [-0.05, 0) is 18.3 Å². The van der Waals surface area contributed by atoms with Crippen LogP contribution in [0.25, 0.3) is 11.2 Å². The van der Waals surface area contributed by atoms with Crippen LogP contribution in [0.3, 0.4) is 0 Å². The highest BCUT2D eigenvalue weighted by Gasteiger charge is 2.11. The number of pyridine rings is 1. The first-order chi connectivity index (χ1) is 7.99. The van der Waals surface area contributed by atoms with Crippen LogP contribution >= 0.6 is 23.8 Å². The van der Waals surface area contributed by atoms with Crippen molar-refractivity contribution in [1.29, 1.82) is 0 Å². The van der Waals surface area contributed by atoms with Gasteiger partial charge in [-0.1, -0.05) is 11.6 Å². The van der Waals surface area contributed by atoms with Gasteiger partial charge in [-0.15, -0.1) is 0 Å². The highest BCUT2D eigenvalue weighted by Crippen LogP contribution is 2.16. The first-order valence-electron chi connectivity index (χ1n) is 4.93. The summed E-state index contributed by atoms with van der Waals surface area (Å²) >= 11 is 11.0. The van der Waals surface area contributed by atoms with Crippen molar-refractivity contribution in [1.82, 2.24) is 19.4 Å². The fraction of sp³-hybridized carbons (Fsp3) is 0.300. The van der Waals surface area contributed by atoms with Gasteiger partial charge in [0.25, 0.3) is 0 Å². The van der Waals surface area contributed by atoms with Crippen LogP contribution in [0.1, 0.15) is 0 Å². The quantitative estimate of drug-likeness (QED) is 0.847. The molecule has 1 N–H and O–H groups in total. The zero-order valence-corrected chi connectivity index (χ0v) is 11.0. The number of likely N-dealkylation sites (N-methyl/N-ethyl adjacent to an activating group) is 1. The maximum Gasteiger partial charge on any atom is 0.242 e. The number of imidazole rings is 1. The number of nitrogens with zero attached hydrogens (tertiary/aromatic N) is 3. The predicted molar refractivity (Wildman–Crippen MR) is 68.6 cm³/mol. The van der Waals surface area contributed by atoms with E-state index >= 15 is 0 Å². The number of aromatic amines is 1. The molecule has 2 heterocycles. The summed E-state index contributed by atoms with van der Waals surface area (Å²) in [6.07, 6.45) is 1.53. The Morgan fingerprint density at radius 2 is 2.35 bits per heavy atom. The van der Waals surface area contributed by atoms with E-state index in [9.17, 15) is 4.79 Å². The zero-order chi connectivity index (χ0) is 12.6. The molecule has 0 bridgehead atoms. The molecular weight excluding hydrogens is 260 g/mol. The van der Waals surface area contributed by atoms with Gasteiger partial charge in [0.15, 0.2) is 10.4 Å². The van der Waals surface area contributed by atoms with Crippen molar-refractivity contribution in [2.24, 2.45) is 0 Å². The largest absolute Gasteiger partial charge is 0.347 e. The molecule has 0 aliphatic carbocycles. The molecule has 0 saturated carbocycles. The molecule has 5 nitrogen and oxygen atoms in total. The van der Waals surface area contributed by atoms with Gasteiger partial charge in [0, 0.05) is 20.3 Å². The van der Waals surface area contributed by atoms with Crippen molar-refractivity contribution in [3.05, 3.63) is 22.1 Å². The molecule has 1 amide bonds. The number of halogens is 1. The van der Waals surface area contributed by atoms with Gasteiger partial charge >= 0.3 is 0 Å². The maximum absolute atomic E-state index is 11.7. The molecule has 0 fully saturated rings. The third-order valence-electron chi connectivity index (χ3n) is 2.37. The monoisotopic (exact) mass is 270 g/mol. The highest BCUT2D eigenvalue weighted by molar-refractivity contribution is 7.71. The third kappa shape index (κ3) is 2.32. The Morgan fingerprint density at radius 3 is 3.00 bits per heavy atom. The van der Waals surface area contributed by atoms with Crippen LogP contribution in [0.4, 0.5) is 0 Å². The van der Waals surface area contributed by atoms with Gasteiger partial charge in [-0.2, -0.15) is 0 Å². The van der Waals surface area contributed by atoms with E-state index in [0.717, 1.165) is 5.52 Å². The van der Waals surface area contributed by atoms with E-state index in [1.807, 2.05) is 0 Å². The van der Waals surface area contributed by atoms with E-state index in [4.69, 9.17) is 23.8 Å². The van der Waals surface area contributed by atoms with Gasteiger partial charge in [-0.25, -0.2) is 4.98 Å². The lowest BCUT2D eigenvalue weighted by Gasteiger charge is -2.10. The fourth-order valence-corrected chi connectivity index (χ4v) is 1.86. The van der Waals surface area contributed by atoms with Crippen LogP contribution in [0.5, 0.6) is 0 Å². The first-order valence-corrected chi connectivity index (χ1v) is 5.72. The molecular formula is C10H11ClN4OS. The second kappa shape index (κ2) is 4.46. The minimum atomic E-state index is -0.0428. The van der Waals surface area contributed by atoms with Crippen LogP contribution in [0.15, 0.2) is 12.3 Å². The van der Waals surface area contributed by atoms with Crippen molar-refractivity contribution in [2.75, 3.05) is 14.1 Å². The first kappa shape index (κ1) is 12.1. The summed E-state index contributed by atoms with van der Waals surface area (Å²) in [4.78, 5) is 20.3. The topological polar surface area (TPSA) is 53.9 Å². The molecule has 0 saturated heterocycles. The molecule has 7 heteroatoms. The SMILES string of the molecule is CN(C)C(=O)Cn1c(=S)[nH]c2cc(Cl)cnc21. The van der Waals surface area contributed by atoms with Crippen LogP contribution in [-0.2, 0) is 11.3 Å². The summed E-state index contributed by atoms with van der Waals surface area (Å²) in [5.74, 6) is -0.0428. The molecule has 2 aromatic heterocycles. The van der Waals surface area contributed by atoms with Crippen LogP contribution in [0.2, 0.25) is 5.02 Å². The standard InChI is InChI=1S/C10H11ClN4OS/c1-14(2)8(16)5-15-9-7(13-10(15)17)3-6(11)4-12-9/h3-4H,5H2,1-2H3,(H,13,17). The molecule has 2 rings (SSSR count). The van der Waals surface area contributed by atoms with Crippen molar-refractivity contribution in [3.63, 3.8) is 0 Å². The smallest absolute Gasteiger partial charge is 0.242 e. The molecule has 0 aromatic carbocycles. The second-order valence-corrected chi connectivity index (χ2v) is 4.65. The third-order valence-corrected chi connectivity index (χ3v) is 2.90. The Bertz CT molecular complexity index is 631. The lowest BCUT2D eigenvalue weighted by Crippen LogP contribution is -2.26. The van der Waals surface area contributed by atoms with E-state index in [0.29, 0.717) is 15.4 Å². The molecule has 0 aliphatic heterocycles. The molecule has 2 aromatic rings. The van der Waals surface area contributed by atoms with Crippen LogP contribution in [0, 0.1) is 4.77 Å². The van der Waals surface area contributed by atoms with E-state index in [2.05, 4.69) is 9.97 Å². The Labute approximate surface area is 108 Å². The van der Waals surface area contributed by atoms with Gasteiger partial charge in [0.2, 0.25) is 5.91 Å². The van der Waals surface area contributed by atoms with E-state index in [1.165, 1.54) is 11.1 Å². The number of hydrogen-bond acceptors (Lipinski definition) is 3. The highest BCUT2D eigenvalue weighted by atomic mass is 35.5. The zero-order valence-electron chi connectivity index (χ0n) is 9.40. The molecule has 0 aliphatic rings. The Hall–Kier alpha value is -1.40. The fourth-order valence-electron chi connectivity index (χ4n) is 1.44. The summed E-state index contributed by atoms with van der Waals surface area (Å²) in [5.41, 5.74) is 1.36. The molecule has 90 valence electrons. The lowest BCUT2D eigenvalue weighted by molar-refractivity contribution is -0.129. The molecule has 0 radical (unpaired) electrons. The van der Waals surface area contributed by atoms with Crippen molar-refractivity contribution in [3.8, 4) is 0 Å². The van der Waals surface area contributed by atoms with Crippen LogP contribution < -0.4 is 0 Å². The number of amides is 1. The van der Waals surface area contributed by atoms with Gasteiger partial charge in [0.1, 0.15) is 6.54 Å². The van der Waals surface area contributed by atoms with E-state index < -0.39 is 0 Å². The Balaban J connectivity index is 2.50. The molecule has 0 unspecified atom stereocenters. The second-order valence-electron chi connectivity index (χ2n) is 3.83. The minimum Gasteiger partial charge on any atom is -0.347 e. The van der Waals surface area contributed by atoms with Gasteiger partial charge in [-0.3, -0.25) is 9.36 Å². The van der Waals surface area contributed by atoms with E-state index in [1.54, 1.807) is 24.7 Å². The predicted octanol–water partition coefficient (Wildman–Crippen LogP) is 1.84. The minimum absolute atomic E-state index is 0.0428. The summed E-state index contributed by atoms with van der Waals surface area (Å²) in [5, 5.41) is 0.528. The summed E-state index contributed by atoms with van der Waals surface area (Å²) < 4.78 is 2.12. The van der Waals surface area contributed by atoms with Crippen molar-refractivity contribution in [2.45, 2.75) is 6.54 Å². The number of H-pyrrole nitrogens is 1. The summed E-state index contributed by atoms with van der Waals surface area (Å²) in [6, 6.07) is 1.73. The Morgan fingerprint density at radius 1 is 1.65 bits per heavy atom. The normalized spacial score (nSPS) is 10.8. The molecule has 0 atom stereocenters. The Kier molecular flexibility index (Phi) is 3.17.